The van der Waals surface area contributed by atoms with Crippen molar-refractivity contribution in [3.05, 3.63) is 95.8 Å². The number of hydroxylamine groups is 2. The van der Waals surface area contributed by atoms with Crippen molar-refractivity contribution in [1.82, 2.24) is 5.06 Å². The van der Waals surface area contributed by atoms with Gasteiger partial charge in [0.25, 0.3) is 0 Å². The molecule has 1 unspecified atom stereocenters. The summed E-state index contributed by atoms with van der Waals surface area (Å²) in [7, 11) is 2.88. The molecule has 0 aliphatic rings. The third-order valence-corrected chi connectivity index (χ3v) is 5.11. The van der Waals surface area contributed by atoms with Crippen LogP contribution in [0.3, 0.4) is 0 Å². The van der Waals surface area contributed by atoms with Crippen LogP contribution >= 0.6 is 0 Å². The maximum Gasteiger partial charge on any atom is 0.338 e. The minimum Gasteiger partial charge on any atom is -0.491 e. The van der Waals surface area contributed by atoms with Crippen LogP contribution in [0.25, 0.3) is 11.6 Å². The summed E-state index contributed by atoms with van der Waals surface area (Å²) in [4.78, 5) is 18.1. The van der Waals surface area contributed by atoms with Crippen molar-refractivity contribution < 1.29 is 33.3 Å². The minimum absolute atomic E-state index is 0.0491. The predicted octanol–water partition coefficient (Wildman–Crippen LogP) is 4.22. The molecule has 8 heteroatoms. The zero-order valence-corrected chi connectivity index (χ0v) is 20.3. The van der Waals surface area contributed by atoms with Crippen LogP contribution in [0.1, 0.15) is 11.1 Å². The summed E-state index contributed by atoms with van der Waals surface area (Å²) < 4.78 is 29.4. The molecule has 0 radical (unpaired) electrons. The quantitative estimate of drug-likeness (QED) is 0.165. The molecule has 3 aromatic rings. The molecule has 0 fully saturated rings. The largest absolute Gasteiger partial charge is 0.491 e. The van der Waals surface area contributed by atoms with E-state index in [1.807, 2.05) is 30.3 Å². The average Bonchev–Trinajstić information content (AvgIpc) is 2.90. The molecule has 0 bridgehead atoms. The fourth-order valence-corrected chi connectivity index (χ4v) is 3.33. The van der Waals surface area contributed by atoms with Gasteiger partial charge in [0.2, 0.25) is 0 Å². The lowest BCUT2D eigenvalue weighted by atomic mass is 10.0. The number of methoxy groups -OCH3 is 2. The van der Waals surface area contributed by atoms with Crippen molar-refractivity contribution in [2.24, 2.45) is 0 Å². The molecule has 0 aliphatic carbocycles. The monoisotopic (exact) mass is 495 g/mol. The first-order valence-electron chi connectivity index (χ1n) is 11.4. The lowest BCUT2D eigenvalue weighted by molar-refractivity contribution is -0.133. The van der Waals surface area contributed by atoms with E-state index >= 15 is 0 Å². The first-order chi connectivity index (χ1) is 17.5. The second kappa shape index (κ2) is 14.0. The van der Waals surface area contributed by atoms with Crippen LogP contribution in [0.5, 0.6) is 11.5 Å². The van der Waals surface area contributed by atoms with E-state index < -0.39 is 17.9 Å². The average molecular weight is 496 g/mol. The van der Waals surface area contributed by atoms with E-state index in [1.165, 1.54) is 25.3 Å². The van der Waals surface area contributed by atoms with Crippen LogP contribution in [-0.2, 0) is 14.3 Å². The number of ether oxygens (including phenoxy) is 3. The summed E-state index contributed by atoms with van der Waals surface area (Å²) in [5.41, 5.74) is 1.35. The van der Waals surface area contributed by atoms with Gasteiger partial charge in [0, 0.05) is 7.11 Å². The van der Waals surface area contributed by atoms with Crippen LogP contribution in [0.15, 0.2) is 78.9 Å². The van der Waals surface area contributed by atoms with Crippen molar-refractivity contribution in [1.29, 1.82) is 0 Å². The second-order valence-electron chi connectivity index (χ2n) is 7.88. The highest BCUT2D eigenvalue weighted by Crippen LogP contribution is 2.22. The Kier molecular flexibility index (Phi) is 10.4. The van der Waals surface area contributed by atoms with Gasteiger partial charge < -0.3 is 24.2 Å². The highest BCUT2D eigenvalue weighted by atomic mass is 19.1. The van der Waals surface area contributed by atoms with Gasteiger partial charge >= 0.3 is 5.97 Å². The molecular weight excluding hydrogens is 465 g/mol. The van der Waals surface area contributed by atoms with Crippen LogP contribution < -0.4 is 9.57 Å². The SMILES string of the molecule is COCCN(CC(O)COc1ccc(/C=C(/C(=O)OC)c2cccc(F)c2)cc1)Oc1ccccc1. The zero-order valence-electron chi connectivity index (χ0n) is 20.3. The minimum atomic E-state index is -0.816. The summed E-state index contributed by atoms with van der Waals surface area (Å²) in [6, 6.07) is 22.0. The van der Waals surface area contributed by atoms with Crippen molar-refractivity contribution in [2.45, 2.75) is 6.10 Å². The Labute approximate surface area is 210 Å². The fourth-order valence-electron chi connectivity index (χ4n) is 3.33. The van der Waals surface area contributed by atoms with Crippen molar-refractivity contribution >= 4 is 17.6 Å². The lowest BCUT2D eigenvalue weighted by Crippen LogP contribution is -2.39. The second-order valence-corrected chi connectivity index (χ2v) is 7.88. The number of aliphatic hydroxyl groups excluding tert-OH is 1. The van der Waals surface area contributed by atoms with Crippen molar-refractivity contribution in [3.63, 3.8) is 0 Å². The molecule has 0 aliphatic heterocycles. The van der Waals surface area contributed by atoms with Crippen LogP contribution in [-0.4, -0.2) is 62.8 Å². The molecule has 0 saturated heterocycles. The number of carbonyl (C=O) groups excluding carboxylic acids is 1. The Hall–Kier alpha value is -3.72. The van der Waals surface area contributed by atoms with Crippen LogP contribution in [0.4, 0.5) is 4.39 Å². The standard InChI is InChI=1S/C28H30FNO6/c1-33-16-15-30(36-26-9-4-3-5-10-26)19-24(31)20-35-25-13-11-21(12-14-25)17-27(28(32)34-2)22-7-6-8-23(29)18-22/h3-14,17-18,24,31H,15-16,19-20H2,1-2H3/b27-17+. The number of hydrogen-bond acceptors (Lipinski definition) is 7. The third-order valence-electron chi connectivity index (χ3n) is 5.11. The van der Waals surface area contributed by atoms with E-state index in [4.69, 9.17) is 19.0 Å². The molecule has 7 nitrogen and oxygen atoms in total. The van der Waals surface area contributed by atoms with E-state index in [0.717, 1.165) is 0 Å². The van der Waals surface area contributed by atoms with Crippen LogP contribution in [0.2, 0.25) is 0 Å². The highest BCUT2D eigenvalue weighted by molar-refractivity contribution is 6.21. The summed E-state index contributed by atoms with van der Waals surface area (Å²) in [5, 5.41) is 12.1. The van der Waals surface area contributed by atoms with Gasteiger partial charge in [-0.25, -0.2) is 9.18 Å². The number of para-hydroxylation sites is 1. The Morgan fingerprint density at radius 1 is 1.00 bits per heavy atom. The first kappa shape index (κ1) is 26.9. The lowest BCUT2D eigenvalue weighted by Gasteiger charge is -2.24. The topological polar surface area (TPSA) is 77.5 Å². The van der Waals surface area contributed by atoms with E-state index in [-0.39, 0.29) is 18.7 Å². The number of rotatable bonds is 13. The number of aliphatic hydroxyl groups is 1. The Morgan fingerprint density at radius 2 is 1.75 bits per heavy atom. The number of benzene rings is 3. The predicted molar refractivity (Wildman–Crippen MR) is 135 cm³/mol. The molecule has 0 aromatic heterocycles. The van der Waals surface area contributed by atoms with Crippen molar-refractivity contribution in [3.8, 4) is 11.5 Å². The maximum absolute atomic E-state index is 13.7. The first-order valence-corrected chi connectivity index (χ1v) is 11.4. The molecular formula is C28H30FNO6. The molecule has 190 valence electrons. The number of nitrogens with zero attached hydrogens (tertiary/aromatic N) is 1. The van der Waals surface area contributed by atoms with E-state index in [1.54, 1.807) is 48.6 Å². The molecule has 3 aromatic carbocycles. The zero-order chi connectivity index (χ0) is 25.8. The molecule has 1 N–H and O–H groups in total. The van der Waals surface area contributed by atoms with Gasteiger partial charge in [-0.15, -0.1) is 5.06 Å². The summed E-state index contributed by atoms with van der Waals surface area (Å²) in [6.45, 7) is 1.18. The Morgan fingerprint density at radius 3 is 2.42 bits per heavy atom. The fraction of sp³-hybridized carbons (Fsp3) is 0.250. The maximum atomic E-state index is 13.7. The Bertz CT molecular complexity index is 1120. The molecule has 0 saturated carbocycles. The van der Waals surface area contributed by atoms with E-state index in [0.29, 0.717) is 35.8 Å². The van der Waals surface area contributed by atoms with Gasteiger partial charge in [-0.1, -0.05) is 42.5 Å². The van der Waals surface area contributed by atoms with E-state index in [2.05, 4.69) is 0 Å². The number of esters is 1. The summed E-state index contributed by atoms with van der Waals surface area (Å²) >= 11 is 0. The summed E-state index contributed by atoms with van der Waals surface area (Å²) in [6.07, 6.45) is 0.803. The molecule has 0 amide bonds. The highest BCUT2D eigenvalue weighted by Gasteiger charge is 2.15. The number of hydrogen-bond donors (Lipinski definition) is 1. The smallest absolute Gasteiger partial charge is 0.338 e. The van der Waals surface area contributed by atoms with Gasteiger partial charge in [0.1, 0.15) is 30.0 Å². The van der Waals surface area contributed by atoms with Gasteiger partial charge in [-0.05, 0) is 53.6 Å². The van der Waals surface area contributed by atoms with E-state index in [9.17, 15) is 14.3 Å². The molecule has 36 heavy (non-hydrogen) atoms. The van der Waals surface area contributed by atoms with Gasteiger partial charge in [0.05, 0.1) is 32.4 Å². The van der Waals surface area contributed by atoms with Gasteiger partial charge in [-0.2, -0.15) is 0 Å². The molecule has 0 spiro atoms. The molecule has 0 heterocycles. The molecule has 3 rings (SSSR count). The molecule has 1 atom stereocenters. The van der Waals surface area contributed by atoms with Gasteiger partial charge in [-0.3, -0.25) is 0 Å². The Balaban J connectivity index is 1.60. The van der Waals surface area contributed by atoms with Gasteiger partial charge in [0.15, 0.2) is 0 Å². The number of carbonyl (C=O) groups is 1. The normalized spacial score (nSPS) is 12.3. The van der Waals surface area contributed by atoms with Crippen molar-refractivity contribution in [2.75, 3.05) is 40.5 Å². The third kappa shape index (κ3) is 8.49. The summed E-state index contributed by atoms with van der Waals surface area (Å²) in [5.74, 6) is 0.193. The number of halogens is 1. The van der Waals surface area contributed by atoms with Crippen LogP contribution in [0, 0.1) is 5.82 Å².